The predicted molar refractivity (Wildman–Crippen MR) is 113 cm³/mol. The van der Waals surface area contributed by atoms with E-state index in [1.165, 1.54) is 60.4 Å². The first-order valence-corrected chi connectivity index (χ1v) is 10.4. The Labute approximate surface area is 155 Å². The first-order valence-electron chi connectivity index (χ1n) is 9.20. The number of allylic oxidation sites excluding steroid dienone is 4. The highest BCUT2D eigenvalue weighted by molar-refractivity contribution is 7.98. The Morgan fingerprint density at radius 1 is 1.00 bits per heavy atom. The molecule has 0 aliphatic heterocycles. The molecule has 0 atom stereocenters. The maximum atomic E-state index is 3.28. The van der Waals surface area contributed by atoms with Gasteiger partial charge in [-0.05, 0) is 77.4 Å². The molecule has 0 unspecified atom stereocenters. The molecule has 0 saturated carbocycles. The number of hydrogen-bond donors (Lipinski definition) is 1. The van der Waals surface area contributed by atoms with E-state index in [0.29, 0.717) is 0 Å². The fourth-order valence-corrected chi connectivity index (χ4v) is 2.84. The van der Waals surface area contributed by atoms with E-state index in [1.807, 2.05) is 0 Å². The van der Waals surface area contributed by atoms with Gasteiger partial charge in [0.2, 0.25) is 0 Å². The van der Waals surface area contributed by atoms with Crippen molar-refractivity contribution in [3.05, 3.63) is 53.1 Å². The van der Waals surface area contributed by atoms with Crippen molar-refractivity contribution in [3.63, 3.8) is 0 Å². The SMILES string of the molecule is CC1=CCCC=C1.CCCNCCC.CSc1ccc(C)cc1C. The Morgan fingerprint density at radius 2 is 1.67 bits per heavy atom. The summed E-state index contributed by atoms with van der Waals surface area (Å²) in [7, 11) is 0. The number of hydrogen-bond acceptors (Lipinski definition) is 2. The van der Waals surface area contributed by atoms with Crippen LogP contribution in [0.4, 0.5) is 0 Å². The summed E-state index contributed by atoms with van der Waals surface area (Å²) in [5, 5.41) is 3.28. The van der Waals surface area contributed by atoms with Gasteiger partial charge in [-0.3, -0.25) is 0 Å². The Bertz CT molecular complexity index is 485. The molecule has 2 heteroatoms. The zero-order chi connectivity index (χ0) is 18.2. The summed E-state index contributed by atoms with van der Waals surface area (Å²) in [6.45, 7) is 13.1. The third-order valence-electron chi connectivity index (χ3n) is 3.58. The maximum absolute atomic E-state index is 3.28. The van der Waals surface area contributed by atoms with Gasteiger partial charge in [-0.25, -0.2) is 0 Å². The van der Waals surface area contributed by atoms with Gasteiger partial charge in [0.1, 0.15) is 0 Å². The van der Waals surface area contributed by atoms with Crippen molar-refractivity contribution in [1.29, 1.82) is 0 Å². The molecule has 2 rings (SSSR count). The molecule has 0 spiro atoms. The van der Waals surface area contributed by atoms with Crippen LogP contribution in [0.3, 0.4) is 0 Å². The van der Waals surface area contributed by atoms with Gasteiger partial charge in [0.15, 0.2) is 0 Å². The van der Waals surface area contributed by atoms with Gasteiger partial charge in [0.05, 0.1) is 0 Å². The number of rotatable bonds is 5. The Morgan fingerprint density at radius 3 is 2.04 bits per heavy atom. The van der Waals surface area contributed by atoms with Crippen LogP contribution in [0.2, 0.25) is 0 Å². The Balaban J connectivity index is 0.000000340. The lowest BCUT2D eigenvalue weighted by atomic mass is 10.1. The summed E-state index contributed by atoms with van der Waals surface area (Å²) in [5.41, 5.74) is 4.13. The molecular formula is C22H37NS. The molecule has 0 saturated heterocycles. The lowest BCUT2D eigenvalue weighted by Gasteiger charge is -2.01. The summed E-state index contributed by atoms with van der Waals surface area (Å²) >= 11 is 1.80. The standard InChI is InChI=1S/C9H12S.C7H10.C6H15N/c1-7-4-5-9(10-3)8(2)6-7;1-7-5-3-2-4-6-7;1-3-5-7-6-4-2/h4-6H,1-3H3;3,5-6H,2,4H2,1H3;7H,3-6H2,1-2H3. The van der Waals surface area contributed by atoms with Crippen LogP contribution in [0, 0.1) is 13.8 Å². The van der Waals surface area contributed by atoms with Gasteiger partial charge in [0.25, 0.3) is 0 Å². The van der Waals surface area contributed by atoms with Gasteiger partial charge in [-0.15, -0.1) is 11.8 Å². The van der Waals surface area contributed by atoms with Gasteiger partial charge < -0.3 is 5.32 Å². The van der Waals surface area contributed by atoms with E-state index in [2.05, 4.69) is 82.6 Å². The minimum Gasteiger partial charge on any atom is -0.317 e. The highest BCUT2D eigenvalue weighted by atomic mass is 32.2. The second-order valence-electron chi connectivity index (χ2n) is 6.15. The second-order valence-corrected chi connectivity index (χ2v) is 7.00. The van der Waals surface area contributed by atoms with Gasteiger partial charge in [0, 0.05) is 4.90 Å². The molecular weight excluding hydrogens is 310 g/mol. The lowest BCUT2D eigenvalue weighted by Crippen LogP contribution is -2.14. The van der Waals surface area contributed by atoms with Crippen LogP contribution >= 0.6 is 11.8 Å². The van der Waals surface area contributed by atoms with Crippen molar-refractivity contribution in [3.8, 4) is 0 Å². The normalized spacial score (nSPS) is 12.5. The minimum absolute atomic E-state index is 1.17. The number of aryl methyl sites for hydroxylation is 2. The van der Waals surface area contributed by atoms with Crippen LogP contribution in [0.15, 0.2) is 46.9 Å². The van der Waals surface area contributed by atoms with Crippen molar-refractivity contribution >= 4 is 11.8 Å². The number of thioether (sulfide) groups is 1. The molecule has 1 aromatic rings. The molecule has 1 aromatic carbocycles. The van der Waals surface area contributed by atoms with Gasteiger partial charge in [-0.1, -0.05) is 55.3 Å². The van der Waals surface area contributed by atoms with Crippen LogP contribution in [0.1, 0.15) is 57.6 Å². The molecule has 0 radical (unpaired) electrons. The van der Waals surface area contributed by atoms with Crippen LogP contribution in [0.25, 0.3) is 0 Å². The number of benzene rings is 1. The van der Waals surface area contributed by atoms with E-state index >= 15 is 0 Å². The van der Waals surface area contributed by atoms with E-state index in [1.54, 1.807) is 11.8 Å². The molecule has 0 aromatic heterocycles. The molecule has 1 aliphatic carbocycles. The fourth-order valence-electron chi connectivity index (χ4n) is 2.25. The highest BCUT2D eigenvalue weighted by Gasteiger charge is 1.94. The van der Waals surface area contributed by atoms with Crippen molar-refractivity contribution < 1.29 is 0 Å². The van der Waals surface area contributed by atoms with E-state index in [4.69, 9.17) is 0 Å². The second kappa shape index (κ2) is 15.5. The number of nitrogens with one attached hydrogen (secondary N) is 1. The van der Waals surface area contributed by atoms with E-state index < -0.39 is 0 Å². The Hall–Kier alpha value is -0.990. The summed E-state index contributed by atoms with van der Waals surface area (Å²) in [4.78, 5) is 1.38. The summed E-state index contributed by atoms with van der Waals surface area (Å²) in [5.74, 6) is 0. The maximum Gasteiger partial charge on any atom is 0.00985 e. The third kappa shape index (κ3) is 12.4. The average Bonchev–Trinajstić information content (AvgIpc) is 2.57. The molecule has 0 fully saturated rings. The summed E-state index contributed by atoms with van der Waals surface area (Å²) in [6.07, 6.45) is 13.7. The third-order valence-corrected chi connectivity index (χ3v) is 4.48. The van der Waals surface area contributed by atoms with E-state index in [0.717, 1.165) is 0 Å². The molecule has 1 nitrogen and oxygen atoms in total. The van der Waals surface area contributed by atoms with Crippen molar-refractivity contribution in [2.24, 2.45) is 0 Å². The molecule has 0 bridgehead atoms. The average molecular weight is 348 g/mol. The van der Waals surface area contributed by atoms with Crippen LogP contribution in [-0.4, -0.2) is 19.3 Å². The zero-order valence-electron chi connectivity index (χ0n) is 16.6. The monoisotopic (exact) mass is 347 g/mol. The molecule has 0 heterocycles. The van der Waals surface area contributed by atoms with E-state index in [-0.39, 0.29) is 0 Å². The minimum atomic E-state index is 1.17. The van der Waals surface area contributed by atoms with Crippen molar-refractivity contribution in [1.82, 2.24) is 5.32 Å². The quantitative estimate of drug-likeness (QED) is 0.469. The summed E-state index contributed by atoms with van der Waals surface area (Å²) < 4.78 is 0. The fraction of sp³-hybridized carbons (Fsp3) is 0.545. The first-order chi connectivity index (χ1) is 11.5. The first kappa shape index (κ1) is 23.0. The Kier molecular flexibility index (Phi) is 14.9. The van der Waals surface area contributed by atoms with Crippen LogP contribution in [-0.2, 0) is 0 Å². The topological polar surface area (TPSA) is 12.0 Å². The molecule has 1 N–H and O–H groups in total. The molecule has 1 aliphatic rings. The molecule has 0 amide bonds. The van der Waals surface area contributed by atoms with Crippen molar-refractivity contribution in [2.75, 3.05) is 19.3 Å². The predicted octanol–water partition coefficient (Wildman–Crippen LogP) is 6.70. The van der Waals surface area contributed by atoms with Gasteiger partial charge in [-0.2, -0.15) is 0 Å². The molecule has 136 valence electrons. The largest absolute Gasteiger partial charge is 0.317 e. The van der Waals surface area contributed by atoms with Gasteiger partial charge >= 0.3 is 0 Å². The van der Waals surface area contributed by atoms with E-state index in [9.17, 15) is 0 Å². The highest BCUT2D eigenvalue weighted by Crippen LogP contribution is 2.19. The summed E-state index contributed by atoms with van der Waals surface area (Å²) in [6, 6.07) is 6.54. The smallest absolute Gasteiger partial charge is 0.00985 e. The lowest BCUT2D eigenvalue weighted by molar-refractivity contribution is 0.662. The van der Waals surface area contributed by atoms with Crippen LogP contribution < -0.4 is 5.32 Å². The van der Waals surface area contributed by atoms with Crippen LogP contribution in [0.5, 0.6) is 0 Å². The molecule has 24 heavy (non-hydrogen) atoms. The zero-order valence-corrected chi connectivity index (χ0v) is 17.4. The van der Waals surface area contributed by atoms with Crippen molar-refractivity contribution in [2.45, 2.75) is 65.2 Å².